The van der Waals surface area contributed by atoms with Gasteiger partial charge in [0.2, 0.25) is 0 Å². The summed E-state index contributed by atoms with van der Waals surface area (Å²) in [5.41, 5.74) is 10.8. The normalized spacial score (nSPS) is 21.0. The molecule has 1 aliphatic carbocycles. The Morgan fingerprint density at radius 1 is 1.08 bits per heavy atom. The van der Waals surface area contributed by atoms with Gasteiger partial charge in [-0.2, -0.15) is 10.5 Å². The highest BCUT2D eigenvalue weighted by atomic mass is 32.1. The molecule has 2 N–H and O–H groups in total. The molecule has 1 saturated heterocycles. The molecule has 1 fully saturated rings. The van der Waals surface area contributed by atoms with E-state index in [1.807, 2.05) is 17.0 Å². The summed E-state index contributed by atoms with van der Waals surface area (Å²) < 4.78 is 11.2. The first-order valence-corrected chi connectivity index (χ1v) is 13.3. The number of benzene rings is 1. The molecule has 7 rings (SSSR count). The molecule has 0 radical (unpaired) electrons. The summed E-state index contributed by atoms with van der Waals surface area (Å²) in [4.78, 5) is 17.8. The SMILES string of the molecule is COc1cccc([C@H]2C(C#N)=C(N)N(c3sc4c(c3C#N)C3CCN4CC3)C3=C2C(=O)CCC3)c1OC. The van der Waals surface area contributed by atoms with E-state index in [0.29, 0.717) is 53.4 Å². The second kappa shape index (κ2) is 8.86. The number of nitriles is 2. The monoisotopic (exact) mass is 513 g/mol. The van der Waals surface area contributed by atoms with Crippen molar-refractivity contribution >= 4 is 27.1 Å². The number of nitrogens with zero attached hydrogens (tertiary/aromatic N) is 4. The molecule has 1 aromatic heterocycles. The van der Waals surface area contributed by atoms with Crippen LogP contribution in [-0.4, -0.2) is 33.1 Å². The highest BCUT2D eigenvalue weighted by molar-refractivity contribution is 7.20. The summed E-state index contributed by atoms with van der Waals surface area (Å²) in [5.74, 6) is 0.941. The fraction of sp³-hybridized carbons (Fsp3) is 0.393. The smallest absolute Gasteiger partial charge is 0.164 e. The minimum atomic E-state index is -0.672. The van der Waals surface area contributed by atoms with Crippen LogP contribution in [0.25, 0.3) is 0 Å². The Morgan fingerprint density at radius 2 is 1.86 bits per heavy atom. The molecule has 0 amide bonds. The number of rotatable bonds is 4. The molecule has 0 saturated carbocycles. The van der Waals surface area contributed by atoms with Gasteiger partial charge in [-0.05, 0) is 37.7 Å². The molecule has 188 valence electrons. The minimum absolute atomic E-state index is 0.00924. The number of Topliss-reactive ketones (excluding diaryl/α,β-unsaturated/α-hetero) is 1. The van der Waals surface area contributed by atoms with Gasteiger partial charge in [-0.15, -0.1) is 0 Å². The number of methoxy groups -OCH3 is 2. The van der Waals surface area contributed by atoms with Gasteiger partial charge in [0.15, 0.2) is 17.3 Å². The largest absolute Gasteiger partial charge is 0.493 e. The number of ether oxygens (including phenoxy) is 2. The molecule has 9 heteroatoms. The first-order valence-electron chi connectivity index (χ1n) is 12.5. The van der Waals surface area contributed by atoms with E-state index >= 15 is 0 Å². The zero-order valence-electron chi connectivity index (χ0n) is 20.8. The summed E-state index contributed by atoms with van der Waals surface area (Å²) >= 11 is 1.56. The average Bonchev–Trinajstić information content (AvgIpc) is 3.34. The van der Waals surface area contributed by atoms with Crippen molar-refractivity contribution in [1.29, 1.82) is 10.5 Å². The molecule has 5 aliphatic rings. The van der Waals surface area contributed by atoms with Crippen molar-refractivity contribution in [3.63, 3.8) is 0 Å². The van der Waals surface area contributed by atoms with Crippen LogP contribution >= 0.6 is 11.3 Å². The van der Waals surface area contributed by atoms with Gasteiger partial charge in [0, 0.05) is 41.9 Å². The van der Waals surface area contributed by atoms with E-state index in [-0.39, 0.29) is 17.2 Å². The highest BCUT2D eigenvalue weighted by Crippen LogP contribution is 2.56. The number of ketones is 1. The number of anilines is 2. The summed E-state index contributed by atoms with van der Waals surface area (Å²) in [6.07, 6.45) is 3.79. The molecular weight excluding hydrogens is 486 g/mol. The fourth-order valence-electron chi connectivity index (χ4n) is 6.44. The molecule has 0 spiro atoms. The first kappa shape index (κ1) is 23.4. The Hall–Kier alpha value is -3.95. The average molecular weight is 514 g/mol. The van der Waals surface area contributed by atoms with Crippen molar-refractivity contribution in [2.75, 3.05) is 37.1 Å². The number of nitrogens with two attached hydrogens (primary N) is 1. The topological polar surface area (TPSA) is 116 Å². The van der Waals surface area contributed by atoms with Gasteiger partial charge in [0.1, 0.15) is 16.9 Å². The lowest BCUT2D eigenvalue weighted by Gasteiger charge is -2.39. The molecule has 8 nitrogen and oxygen atoms in total. The maximum absolute atomic E-state index is 13.6. The number of fused-ring (bicyclic) bond motifs is 2. The number of piperidine rings is 1. The Kier molecular flexibility index (Phi) is 5.62. The molecule has 1 aromatic carbocycles. The number of hydrogen-bond donors (Lipinski definition) is 1. The fourth-order valence-corrected chi connectivity index (χ4v) is 7.87. The van der Waals surface area contributed by atoms with Crippen molar-refractivity contribution in [3.8, 4) is 23.6 Å². The van der Waals surface area contributed by atoms with Crippen LogP contribution in [-0.2, 0) is 4.79 Å². The van der Waals surface area contributed by atoms with Crippen molar-refractivity contribution in [2.24, 2.45) is 5.73 Å². The number of thiophene rings is 1. The van der Waals surface area contributed by atoms with Crippen molar-refractivity contribution < 1.29 is 14.3 Å². The van der Waals surface area contributed by atoms with Crippen LogP contribution in [0, 0.1) is 22.7 Å². The maximum Gasteiger partial charge on any atom is 0.164 e. The second-order valence-electron chi connectivity index (χ2n) is 9.77. The zero-order chi connectivity index (χ0) is 25.8. The predicted molar refractivity (Wildman–Crippen MR) is 141 cm³/mol. The minimum Gasteiger partial charge on any atom is -0.493 e. The quantitative estimate of drug-likeness (QED) is 0.629. The predicted octanol–water partition coefficient (Wildman–Crippen LogP) is 4.64. The third-order valence-electron chi connectivity index (χ3n) is 8.07. The number of carbonyl (C=O) groups excluding carboxylic acids is 1. The lowest BCUT2D eigenvalue weighted by molar-refractivity contribution is -0.116. The molecular formula is C28H27N5O3S. The summed E-state index contributed by atoms with van der Waals surface area (Å²) in [6, 6.07) is 10.2. The molecule has 37 heavy (non-hydrogen) atoms. The van der Waals surface area contributed by atoms with Gasteiger partial charge >= 0.3 is 0 Å². The van der Waals surface area contributed by atoms with Gasteiger partial charge in [0.25, 0.3) is 0 Å². The van der Waals surface area contributed by atoms with Crippen molar-refractivity contribution in [1.82, 2.24) is 0 Å². The van der Waals surface area contributed by atoms with Crippen LogP contribution in [0.4, 0.5) is 10.0 Å². The van der Waals surface area contributed by atoms with E-state index in [0.717, 1.165) is 47.2 Å². The second-order valence-corrected chi connectivity index (χ2v) is 10.8. The Balaban J connectivity index is 1.61. The number of carbonyl (C=O) groups is 1. The van der Waals surface area contributed by atoms with E-state index in [1.165, 1.54) is 0 Å². The van der Waals surface area contributed by atoms with Crippen molar-refractivity contribution in [3.05, 3.63) is 57.6 Å². The lowest BCUT2D eigenvalue weighted by Crippen LogP contribution is -2.39. The number of para-hydroxylation sites is 1. The van der Waals surface area contributed by atoms with Crippen LogP contribution in [0.5, 0.6) is 11.5 Å². The first-order chi connectivity index (χ1) is 18.0. The van der Waals surface area contributed by atoms with Crippen LogP contribution in [0.3, 0.4) is 0 Å². The highest BCUT2D eigenvalue weighted by Gasteiger charge is 2.44. The zero-order valence-corrected chi connectivity index (χ0v) is 21.7. The van der Waals surface area contributed by atoms with E-state index in [1.54, 1.807) is 31.6 Å². The van der Waals surface area contributed by atoms with E-state index < -0.39 is 5.92 Å². The van der Waals surface area contributed by atoms with E-state index in [9.17, 15) is 15.3 Å². The van der Waals surface area contributed by atoms with Crippen LogP contribution in [0.1, 0.15) is 60.6 Å². The molecule has 1 atom stereocenters. The van der Waals surface area contributed by atoms with Gasteiger partial charge in [0.05, 0.1) is 42.3 Å². The summed E-state index contributed by atoms with van der Waals surface area (Å²) in [5, 5.41) is 22.6. The third-order valence-corrected chi connectivity index (χ3v) is 9.32. The third kappa shape index (κ3) is 3.27. The summed E-state index contributed by atoms with van der Waals surface area (Å²) in [6.45, 7) is 1.97. The van der Waals surface area contributed by atoms with Gasteiger partial charge < -0.3 is 20.1 Å². The molecule has 0 unspecified atom stereocenters. The van der Waals surface area contributed by atoms with E-state index in [2.05, 4.69) is 17.0 Å². The van der Waals surface area contributed by atoms with Crippen LogP contribution in [0.2, 0.25) is 0 Å². The van der Waals surface area contributed by atoms with E-state index in [4.69, 9.17) is 15.2 Å². The van der Waals surface area contributed by atoms with Gasteiger partial charge in [-0.1, -0.05) is 23.5 Å². The Bertz CT molecular complexity index is 1470. The maximum atomic E-state index is 13.6. The Labute approximate surface area is 219 Å². The molecule has 2 aromatic rings. The number of allylic oxidation sites excluding steroid dienone is 3. The molecule has 2 bridgehead atoms. The van der Waals surface area contributed by atoms with Crippen molar-refractivity contribution in [2.45, 2.75) is 43.9 Å². The van der Waals surface area contributed by atoms with Crippen LogP contribution in [0.15, 0.2) is 40.9 Å². The molecule has 4 aliphatic heterocycles. The lowest BCUT2D eigenvalue weighted by atomic mass is 9.75. The Morgan fingerprint density at radius 3 is 2.54 bits per heavy atom. The summed E-state index contributed by atoms with van der Waals surface area (Å²) in [7, 11) is 3.10. The van der Waals surface area contributed by atoms with Gasteiger partial charge in [-0.25, -0.2) is 0 Å². The van der Waals surface area contributed by atoms with Crippen LogP contribution < -0.4 is 25.0 Å². The molecule has 5 heterocycles. The number of hydrogen-bond acceptors (Lipinski definition) is 9. The standard InChI is InChI=1S/C28H27N5O3S/c1-35-21-8-3-5-16(25(21)36-2)23-17(13-29)26(31)33(19-6-4-7-20(34)24(19)23)27-18(14-30)22-15-9-11-32(12-10-15)28(22)37-27/h3,5,8,15,23H,4,6-7,9-12,31H2,1-2H3/t23-/m0/s1. The van der Waals surface area contributed by atoms with Gasteiger partial charge in [-0.3, -0.25) is 9.69 Å².